The first-order valence-electron chi connectivity index (χ1n) is 9.83. The number of fused-ring (bicyclic) bond motifs is 2. The van der Waals surface area contributed by atoms with E-state index in [1.807, 2.05) is 54.1 Å². The lowest BCUT2D eigenvalue weighted by molar-refractivity contribution is 0.263. The highest BCUT2D eigenvalue weighted by Crippen LogP contribution is 2.29. The van der Waals surface area contributed by atoms with Gasteiger partial charge in [0.05, 0.1) is 16.5 Å². The number of nitrogens with zero attached hydrogens (tertiary/aromatic N) is 4. The van der Waals surface area contributed by atoms with E-state index in [-0.39, 0.29) is 6.04 Å². The van der Waals surface area contributed by atoms with Gasteiger partial charge in [0.1, 0.15) is 5.52 Å². The number of benzene rings is 3. The van der Waals surface area contributed by atoms with Gasteiger partial charge in [0.15, 0.2) is 0 Å². The smallest absolute Gasteiger partial charge is 0.242 e. The molecule has 0 radical (unpaired) electrons. The third-order valence-corrected chi connectivity index (χ3v) is 7.65. The quantitative estimate of drug-likeness (QED) is 0.517. The predicted octanol–water partition coefficient (Wildman–Crippen LogP) is 3.92. The Balaban J connectivity index is 1.37. The van der Waals surface area contributed by atoms with Gasteiger partial charge in [-0.1, -0.05) is 41.6 Å². The lowest BCUT2D eigenvalue weighted by Crippen LogP contribution is -2.39. The maximum absolute atomic E-state index is 13.2. The molecule has 1 fully saturated rings. The topological polar surface area (TPSA) is 68.1 Å². The normalized spacial score (nSPS) is 16.6. The minimum absolute atomic E-state index is 0.158. The van der Waals surface area contributed by atoms with Crippen molar-refractivity contribution in [3.8, 4) is 0 Å². The molecule has 0 saturated carbocycles. The molecule has 0 unspecified atom stereocenters. The third-order valence-electron chi connectivity index (χ3n) is 5.75. The summed E-state index contributed by atoms with van der Waals surface area (Å²) in [5, 5.41) is 10.6. The van der Waals surface area contributed by atoms with Crippen LogP contribution in [0.1, 0.15) is 24.4 Å². The summed E-state index contributed by atoms with van der Waals surface area (Å²) in [7, 11) is -3.51. The molecule has 1 aliphatic heterocycles. The van der Waals surface area contributed by atoms with Crippen LogP contribution in [0, 0.1) is 6.92 Å². The number of rotatable bonds is 3. The van der Waals surface area contributed by atoms with Gasteiger partial charge in [0.25, 0.3) is 0 Å². The maximum atomic E-state index is 13.2. The van der Waals surface area contributed by atoms with Gasteiger partial charge >= 0.3 is 0 Å². The molecule has 1 saturated heterocycles. The Morgan fingerprint density at radius 1 is 0.931 bits per heavy atom. The fourth-order valence-electron chi connectivity index (χ4n) is 4.13. The van der Waals surface area contributed by atoms with Crippen LogP contribution in [0.15, 0.2) is 65.6 Å². The highest BCUT2D eigenvalue weighted by atomic mass is 32.2. The van der Waals surface area contributed by atoms with E-state index in [2.05, 4.69) is 16.4 Å². The molecule has 148 valence electrons. The number of sulfonamides is 1. The largest absolute Gasteiger partial charge is 0.243 e. The van der Waals surface area contributed by atoms with Crippen molar-refractivity contribution in [3.05, 3.63) is 66.2 Å². The summed E-state index contributed by atoms with van der Waals surface area (Å²) in [5.41, 5.74) is 3.04. The molecule has 7 heteroatoms. The van der Waals surface area contributed by atoms with E-state index in [0.717, 1.165) is 40.2 Å². The molecular weight excluding hydrogens is 384 g/mol. The third kappa shape index (κ3) is 3.20. The van der Waals surface area contributed by atoms with Gasteiger partial charge in [-0.2, -0.15) is 4.31 Å². The SMILES string of the molecule is Cc1ccc2c(c1)nnn2C1CCN(S(=O)(=O)c2ccc3ccccc3c2)CC1. The first-order chi connectivity index (χ1) is 14.0. The minimum Gasteiger partial charge on any atom is -0.242 e. The maximum Gasteiger partial charge on any atom is 0.243 e. The van der Waals surface area contributed by atoms with Crippen molar-refractivity contribution in [2.75, 3.05) is 13.1 Å². The molecule has 0 spiro atoms. The average molecular weight is 407 g/mol. The molecule has 0 N–H and O–H groups in total. The Labute approximate surface area is 169 Å². The zero-order chi connectivity index (χ0) is 20.0. The van der Waals surface area contributed by atoms with Crippen LogP contribution in [0.4, 0.5) is 0 Å². The number of hydrogen-bond donors (Lipinski definition) is 0. The minimum atomic E-state index is -3.51. The van der Waals surface area contributed by atoms with Crippen LogP contribution in [-0.2, 0) is 10.0 Å². The van der Waals surface area contributed by atoms with E-state index in [9.17, 15) is 8.42 Å². The molecule has 2 heterocycles. The van der Waals surface area contributed by atoms with Gasteiger partial charge in [-0.05, 0) is 60.4 Å². The second kappa shape index (κ2) is 6.93. The van der Waals surface area contributed by atoms with Gasteiger partial charge in [-0.15, -0.1) is 5.10 Å². The second-order valence-corrected chi connectivity index (χ2v) is 9.61. The van der Waals surface area contributed by atoms with E-state index in [4.69, 9.17) is 0 Å². The van der Waals surface area contributed by atoms with Crippen molar-refractivity contribution >= 4 is 31.8 Å². The van der Waals surface area contributed by atoms with Crippen LogP contribution < -0.4 is 0 Å². The van der Waals surface area contributed by atoms with E-state index >= 15 is 0 Å². The van der Waals surface area contributed by atoms with Crippen LogP contribution >= 0.6 is 0 Å². The van der Waals surface area contributed by atoms with Crippen molar-refractivity contribution in [3.63, 3.8) is 0 Å². The standard InChI is InChI=1S/C22H22N4O2S/c1-16-6-9-22-21(14-16)23-24-26(22)19-10-12-25(13-11-19)29(27,28)20-8-7-17-4-2-3-5-18(17)15-20/h2-9,14-15,19H,10-13H2,1H3. The fourth-order valence-corrected chi connectivity index (χ4v) is 5.63. The molecule has 0 amide bonds. The summed E-state index contributed by atoms with van der Waals surface area (Å²) < 4.78 is 29.9. The zero-order valence-electron chi connectivity index (χ0n) is 16.2. The predicted molar refractivity (Wildman–Crippen MR) is 113 cm³/mol. The summed E-state index contributed by atoms with van der Waals surface area (Å²) in [6.45, 7) is 2.99. The molecule has 0 bridgehead atoms. The summed E-state index contributed by atoms with van der Waals surface area (Å²) in [6.07, 6.45) is 1.44. The molecule has 4 aromatic rings. The van der Waals surface area contributed by atoms with E-state index < -0.39 is 10.0 Å². The van der Waals surface area contributed by atoms with Gasteiger partial charge in [-0.25, -0.2) is 13.1 Å². The van der Waals surface area contributed by atoms with E-state index in [1.165, 1.54) is 0 Å². The summed E-state index contributed by atoms with van der Waals surface area (Å²) in [5.74, 6) is 0. The van der Waals surface area contributed by atoms with Crippen LogP contribution in [0.3, 0.4) is 0 Å². The number of aryl methyl sites for hydroxylation is 1. The van der Waals surface area contributed by atoms with Crippen molar-refractivity contribution < 1.29 is 8.42 Å². The lowest BCUT2D eigenvalue weighted by Gasteiger charge is -2.31. The highest BCUT2D eigenvalue weighted by molar-refractivity contribution is 7.89. The highest BCUT2D eigenvalue weighted by Gasteiger charge is 2.31. The van der Waals surface area contributed by atoms with Crippen molar-refractivity contribution in [2.24, 2.45) is 0 Å². The van der Waals surface area contributed by atoms with Gasteiger partial charge in [0.2, 0.25) is 10.0 Å². The zero-order valence-corrected chi connectivity index (χ0v) is 17.0. The summed E-state index contributed by atoms with van der Waals surface area (Å²) in [4.78, 5) is 0.358. The van der Waals surface area contributed by atoms with Gasteiger partial charge in [-0.3, -0.25) is 0 Å². The Bertz CT molecular complexity index is 1300. The lowest BCUT2D eigenvalue weighted by atomic mass is 10.1. The Morgan fingerprint density at radius 3 is 2.48 bits per heavy atom. The summed E-state index contributed by atoms with van der Waals surface area (Å²) >= 11 is 0. The van der Waals surface area contributed by atoms with E-state index in [0.29, 0.717) is 18.0 Å². The number of piperidine rings is 1. The average Bonchev–Trinajstić information content (AvgIpc) is 3.16. The number of hydrogen-bond acceptors (Lipinski definition) is 4. The molecule has 1 aromatic heterocycles. The Morgan fingerprint density at radius 2 is 1.69 bits per heavy atom. The molecule has 1 aliphatic rings. The molecule has 6 nitrogen and oxygen atoms in total. The first kappa shape index (κ1) is 18.3. The molecule has 0 atom stereocenters. The molecule has 0 aliphatic carbocycles. The monoisotopic (exact) mass is 406 g/mol. The molecule has 29 heavy (non-hydrogen) atoms. The molecular formula is C22H22N4O2S. The van der Waals surface area contributed by atoms with Crippen molar-refractivity contribution in [1.29, 1.82) is 0 Å². The number of aromatic nitrogens is 3. The Hall–Kier alpha value is -2.77. The summed E-state index contributed by atoms with van der Waals surface area (Å²) in [6, 6.07) is 19.4. The fraction of sp³-hybridized carbons (Fsp3) is 0.273. The van der Waals surface area contributed by atoms with Gasteiger partial charge in [0, 0.05) is 13.1 Å². The molecule has 3 aromatic carbocycles. The Kier molecular flexibility index (Phi) is 4.37. The van der Waals surface area contributed by atoms with Gasteiger partial charge < -0.3 is 0 Å². The van der Waals surface area contributed by atoms with Crippen molar-refractivity contribution in [1.82, 2.24) is 19.3 Å². The van der Waals surface area contributed by atoms with Crippen LogP contribution in [-0.4, -0.2) is 40.8 Å². The second-order valence-electron chi connectivity index (χ2n) is 7.67. The van der Waals surface area contributed by atoms with Crippen LogP contribution in [0.25, 0.3) is 21.8 Å². The van der Waals surface area contributed by atoms with E-state index in [1.54, 1.807) is 16.4 Å². The molecule has 5 rings (SSSR count). The first-order valence-corrected chi connectivity index (χ1v) is 11.3. The van der Waals surface area contributed by atoms with Crippen LogP contribution in [0.5, 0.6) is 0 Å². The van der Waals surface area contributed by atoms with Crippen molar-refractivity contribution in [2.45, 2.75) is 30.7 Å². The van der Waals surface area contributed by atoms with Crippen LogP contribution in [0.2, 0.25) is 0 Å².